The minimum Gasteiger partial charge on any atom is -0.511 e. The van der Waals surface area contributed by atoms with Crippen molar-refractivity contribution in [2.24, 2.45) is 10.8 Å². The van der Waals surface area contributed by atoms with Gasteiger partial charge in [-0.2, -0.15) is 0 Å². The fourth-order valence-electron chi connectivity index (χ4n) is 3.05. The summed E-state index contributed by atoms with van der Waals surface area (Å²) in [4.78, 5) is 13.4. The summed E-state index contributed by atoms with van der Waals surface area (Å²) in [6, 6.07) is 13.8. The zero-order valence-electron chi connectivity index (χ0n) is 18.0. The molecule has 0 saturated carbocycles. The van der Waals surface area contributed by atoms with Gasteiger partial charge in [-0.15, -0.1) is 0 Å². The van der Waals surface area contributed by atoms with Gasteiger partial charge in [0.25, 0.3) is 0 Å². The van der Waals surface area contributed by atoms with Crippen molar-refractivity contribution >= 4 is 23.0 Å². The molecule has 0 atom stereocenters. The van der Waals surface area contributed by atoms with Gasteiger partial charge in [0, 0.05) is 15.9 Å². The highest BCUT2D eigenvalue weighted by atomic mass is 35.5. The molecule has 0 spiro atoms. The van der Waals surface area contributed by atoms with Gasteiger partial charge in [-0.1, -0.05) is 84.3 Å². The lowest BCUT2D eigenvalue weighted by Gasteiger charge is -2.27. The third-order valence-corrected chi connectivity index (χ3v) is 5.05. The van der Waals surface area contributed by atoms with Crippen LogP contribution in [0.5, 0.6) is 0 Å². The number of carbonyl (C=O) groups is 1. The Morgan fingerprint density at radius 2 is 1.43 bits per heavy atom. The SMILES string of the molecule is CCc1ccc(-c2ccc(Cl)cc2)cc1C(C(=O)C(C)(C)C)=C(O)C(C)(C)C. The van der Waals surface area contributed by atoms with Crippen LogP contribution in [0.1, 0.15) is 59.6 Å². The summed E-state index contributed by atoms with van der Waals surface area (Å²) in [7, 11) is 0. The van der Waals surface area contributed by atoms with Crippen LogP contribution >= 0.6 is 11.6 Å². The van der Waals surface area contributed by atoms with E-state index in [1.165, 1.54) is 0 Å². The van der Waals surface area contributed by atoms with E-state index in [-0.39, 0.29) is 11.5 Å². The van der Waals surface area contributed by atoms with Crippen LogP contribution in [0.15, 0.2) is 48.2 Å². The highest BCUT2D eigenvalue weighted by Gasteiger charge is 2.33. The van der Waals surface area contributed by atoms with Gasteiger partial charge in [0.2, 0.25) is 0 Å². The van der Waals surface area contributed by atoms with E-state index in [1.54, 1.807) is 0 Å². The second kappa shape index (κ2) is 8.13. The van der Waals surface area contributed by atoms with E-state index in [0.717, 1.165) is 28.7 Å². The van der Waals surface area contributed by atoms with Crippen molar-refractivity contribution in [3.05, 3.63) is 64.4 Å². The van der Waals surface area contributed by atoms with Crippen molar-refractivity contribution in [1.29, 1.82) is 0 Å². The molecule has 0 amide bonds. The summed E-state index contributed by atoms with van der Waals surface area (Å²) in [6.07, 6.45) is 0.772. The number of hydrogen-bond acceptors (Lipinski definition) is 2. The summed E-state index contributed by atoms with van der Waals surface area (Å²) in [6.45, 7) is 13.5. The highest BCUT2D eigenvalue weighted by molar-refractivity contribution is 6.30. The molecule has 0 saturated heterocycles. The lowest BCUT2D eigenvalue weighted by Crippen LogP contribution is -2.25. The van der Waals surface area contributed by atoms with Gasteiger partial charge in [0.15, 0.2) is 5.78 Å². The van der Waals surface area contributed by atoms with E-state index in [2.05, 4.69) is 13.0 Å². The fourth-order valence-corrected chi connectivity index (χ4v) is 3.17. The van der Waals surface area contributed by atoms with E-state index in [9.17, 15) is 9.90 Å². The maximum absolute atomic E-state index is 13.4. The predicted octanol–water partition coefficient (Wildman–Crippen LogP) is 7.50. The average molecular weight is 399 g/mol. The molecule has 28 heavy (non-hydrogen) atoms. The predicted molar refractivity (Wildman–Crippen MR) is 120 cm³/mol. The molecule has 0 unspecified atom stereocenters. The number of ketones is 1. The van der Waals surface area contributed by atoms with E-state index < -0.39 is 10.8 Å². The monoisotopic (exact) mass is 398 g/mol. The van der Waals surface area contributed by atoms with Crippen molar-refractivity contribution in [3.8, 4) is 11.1 Å². The average Bonchev–Trinajstić information content (AvgIpc) is 2.60. The molecular weight excluding hydrogens is 368 g/mol. The van der Waals surface area contributed by atoms with E-state index in [1.807, 2.05) is 77.9 Å². The van der Waals surface area contributed by atoms with Crippen LogP contribution in [0.3, 0.4) is 0 Å². The summed E-state index contributed by atoms with van der Waals surface area (Å²) >= 11 is 6.03. The quantitative estimate of drug-likeness (QED) is 0.427. The number of hydrogen-bond donors (Lipinski definition) is 1. The summed E-state index contributed by atoms with van der Waals surface area (Å²) in [5.74, 6) is 0.0817. The van der Waals surface area contributed by atoms with E-state index in [4.69, 9.17) is 11.6 Å². The Morgan fingerprint density at radius 1 is 0.893 bits per heavy atom. The minimum absolute atomic E-state index is 0.0529. The van der Waals surface area contributed by atoms with E-state index in [0.29, 0.717) is 10.6 Å². The lowest BCUT2D eigenvalue weighted by molar-refractivity contribution is -0.120. The van der Waals surface area contributed by atoms with Crippen molar-refractivity contribution in [3.63, 3.8) is 0 Å². The normalized spacial score (nSPS) is 13.3. The molecule has 150 valence electrons. The van der Waals surface area contributed by atoms with Gasteiger partial charge in [0.1, 0.15) is 5.76 Å². The molecular formula is C25H31ClO2. The fraction of sp³-hybridized carbons (Fsp3) is 0.400. The Bertz CT molecular complexity index is 892. The first-order chi connectivity index (χ1) is 12.9. The zero-order valence-corrected chi connectivity index (χ0v) is 18.7. The minimum atomic E-state index is -0.601. The van der Waals surface area contributed by atoms with Crippen LogP contribution in [0, 0.1) is 10.8 Å². The summed E-state index contributed by atoms with van der Waals surface area (Å²) < 4.78 is 0. The first-order valence-electron chi connectivity index (χ1n) is 9.74. The van der Waals surface area contributed by atoms with E-state index >= 15 is 0 Å². The van der Waals surface area contributed by atoms with Crippen LogP contribution < -0.4 is 0 Å². The first-order valence-corrected chi connectivity index (χ1v) is 10.1. The number of halogens is 1. The maximum Gasteiger partial charge on any atom is 0.172 e. The lowest BCUT2D eigenvalue weighted by atomic mass is 9.77. The summed E-state index contributed by atoms with van der Waals surface area (Å²) in [5, 5.41) is 11.8. The molecule has 0 fully saturated rings. The van der Waals surface area contributed by atoms with Crippen molar-refractivity contribution < 1.29 is 9.90 Å². The Morgan fingerprint density at radius 3 is 1.89 bits per heavy atom. The number of aliphatic hydroxyl groups excluding tert-OH is 1. The third-order valence-electron chi connectivity index (χ3n) is 4.79. The standard InChI is InChI=1S/C25H31ClO2/c1-8-16-9-10-18(17-11-13-19(26)14-12-17)15-20(16)21(22(27)24(2,3)4)23(28)25(5,6)7/h9-15,27H,8H2,1-7H3. The summed E-state index contributed by atoms with van der Waals surface area (Å²) in [5.41, 5.74) is 3.15. The number of allylic oxidation sites excluding steroid dienone is 2. The smallest absolute Gasteiger partial charge is 0.172 e. The Labute approximate surface area is 174 Å². The molecule has 2 aromatic rings. The van der Waals surface area contributed by atoms with Crippen molar-refractivity contribution in [1.82, 2.24) is 0 Å². The molecule has 0 aliphatic carbocycles. The molecule has 0 radical (unpaired) electrons. The maximum atomic E-state index is 13.4. The Balaban J connectivity index is 2.80. The van der Waals surface area contributed by atoms with Crippen molar-refractivity contribution in [2.75, 3.05) is 0 Å². The number of carbonyl (C=O) groups excluding carboxylic acids is 1. The molecule has 0 heterocycles. The van der Waals surface area contributed by atoms with Crippen LogP contribution in [-0.2, 0) is 11.2 Å². The van der Waals surface area contributed by atoms with Crippen molar-refractivity contribution in [2.45, 2.75) is 54.9 Å². The largest absolute Gasteiger partial charge is 0.511 e. The zero-order chi connectivity index (χ0) is 21.3. The number of Topliss-reactive ketones (excluding diaryl/α,β-unsaturated/α-hetero) is 1. The number of benzene rings is 2. The molecule has 1 N–H and O–H groups in total. The van der Waals surface area contributed by atoms with Gasteiger partial charge >= 0.3 is 0 Å². The molecule has 0 aliphatic heterocycles. The molecule has 0 bridgehead atoms. The second-order valence-corrected chi connectivity index (χ2v) is 9.72. The second-order valence-electron chi connectivity index (χ2n) is 9.29. The topological polar surface area (TPSA) is 37.3 Å². The van der Waals surface area contributed by atoms with Gasteiger partial charge in [-0.05, 0) is 46.9 Å². The van der Waals surface area contributed by atoms with Gasteiger partial charge in [-0.3, -0.25) is 4.79 Å². The van der Waals surface area contributed by atoms with Crippen LogP contribution in [-0.4, -0.2) is 10.9 Å². The van der Waals surface area contributed by atoms with Gasteiger partial charge in [0.05, 0.1) is 5.57 Å². The number of rotatable bonds is 4. The Kier molecular flexibility index (Phi) is 6.45. The van der Waals surface area contributed by atoms with Crippen LogP contribution in [0.2, 0.25) is 5.02 Å². The Hall–Kier alpha value is -2.06. The molecule has 3 heteroatoms. The third kappa shape index (κ3) is 4.86. The molecule has 0 aromatic heterocycles. The van der Waals surface area contributed by atoms with Gasteiger partial charge < -0.3 is 5.11 Å². The van der Waals surface area contributed by atoms with Crippen LogP contribution in [0.4, 0.5) is 0 Å². The van der Waals surface area contributed by atoms with Crippen LogP contribution in [0.25, 0.3) is 16.7 Å². The molecule has 2 nitrogen and oxygen atoms in total. The molecule has 2 aromatic carbocycles. The highest BCUT2D eigenvalue weighted by Crippen LogP contribution is 2.38. The molecule has 0 aliphatic rings. The molecule has 2 rings (SSSR count). The first kappa shape index (κ1) is 22.2. The number of aryl methyl sites for hydroxylation is 1. The number of aliphatic hydroxyl groups is 1. The van der Waals surface area contributed by atoms with Gasteiger partial charge in [-0.25, -0.2) is 0 Å².